The van der Waals surface area contributed by atoms with Gasteiger partial charge in [-0.05, 0) is 44.9 Å². The summed E-state index contributed by atoms with van der Waals surface area (Å²) >= 11 is 0. The molecule has 0 aromatic heterocycles. The fraction of sp³-hybridized carbons (Fsp3) is 0.533. The minimum atomic E-state index is -0.663. The predicted octanol–water partition coefficient (Wildman–Crippen LogP) is 3.02. The van der Waals surface area contributed by atoms with Crippen LogP contribution in [0, 0.1) is 17.6 Å². The van der Waals surface area contributed by atoms with Crippen molar-refractivity contribution < 1.29 is 14.0 Å². The van der Waals surface area contributed by atoms with Crippen LogP contribution in [-0.2, 0) is 0 Å². The standard InChI is InChI=1S/C15H18F2N2O/c1-19-11-3-4-12(19)7-9(6-11)15(18-20)13-5-2-10(16)8-14(13)17/h2,5,8-9,11-12,20H,3-4,6-7H2,1H3/b18-15-. The Bertz CT molecular complexity index is 533. The van der Waals surface area contributed by atoms with Gasteiger partial charge in [-0.25, -0.2) is 8.78 Å². The molecule has 1 aromatic carbocycles. The molecule has 2 fully saturated rings. The SMILES string of the molecule is CN1C2CCC1CC(/C(=N/O)c1ccc(F)cc1F)C2. The van der Waals surface area contributed by atoms with Crippen LogP contribution < -0.4 is 0 Å². The van der Waals surface area contributed by atoms with E-state index in [0.717, 1.165) is 31.7 Å². The third-order valence-corrected chi connectivity index (χ3v) is 4.80. The molecular weight excluding hydrogens is 262 g/mol. The summed E-state index contributed by atoms with van der Waals surface area (Å²) < 4.78 is 26.9. The summed E-state index contributed by atoms with van der Waals surface area (Å²) in [5.74, 6) is -1.25. The van der Waals surface area contributed by atoms with Crippen molar-refractivity contribution in [3.05, 3.63) is 35.4 Å². The van der Waals surface area contributed by atoms with Gasteiger partial charge < -0.3 is 10.1 Å². The average molecular weight is 280 g/mol. The highest BCUT2D eigenvalue weighted by Gasteiger charge is 2.40. The molecule has 0 spiro atoms. The molecule has 2 aliphatic rings. The van der Waals surface area contributed by atoms with Gasteiger partial charge in [-0.15, -0.1) is 0 Å². The van der Waals surface area contributed by atoms with E-state index in [-0.39, 0.29) is 11.5 Å². The second-order valence-electron chi connectivity index (χ2n) is 5.83. The Balaban J connectivity index is 1.88. The van der Waals surface area contributed by atoms with E-state index in [9.17, 15) is 14.0 Å². The van der Waals surface area contributed by atoms with E-state index in [1.54, 1.807) is 0 Å². The van der Waals surface area contributed by atoms with E-state index in [2.05, 4.69) is 17.1 Å². The van der Waals surface area contributed by atoms with Crippen molar-refractivity contribution >= 4 is 5.71 Å². The first-order chi connectivity index (χ1) is 9.60. The Kier molecular flexibility index (Phi) is 3.46. The Morgan fingerprint density at radius 3 is 2.45 bits per heavy atom. The number of hydrogen-bond donors (Lipinski definition) is 1. The summed E-state index contributed by atoms with van der Waals surface area (Å²) in [5.41, 5.74) is 0.565. The monoisotopic (exact) mass is 280 g/mol. The number of piperidine rings is 1. The van der Waals surface area contributed by atoms with Gasteiger partial charge in [0.25, 0.3) is 0 Å². The maximum atomic E-state index is 13.9. The maximum Gasteiger partial charge on any atom is 0.135 e. The number of nitrogens with zero attached hydrogens (tertiary/aromatic N) is 2. The molecule has 3 rings (SSSR count). The highest BCUT2D eigenvalue weighted by molar-refractivity contribution is 6.02. The number of oxime groups is 1. The number of fused-ring (bicyclic) bond motifs is 2. The summed E-state index contributed by atoms with van der Waals surface area (Å²) in [6.07, 6.45) is 4.01. The van der Waals surface area contributed by atoms with E-state index in [0.29, 0.717) is 17.8 Å². The van der Waals surface area contributed by atoms with Crippen LogP contribution in [0.25, 0.3) is 0 Å². The quantitative estimate of drug-likeness (QED) is 0.513. The summed E-state index contributed by atoms with van der Waals surface area (Å²) in [7, 11) is 2.12. The second-order valence-corrected chi connectivity index (χ2v) is 5.83. The smallest absolute Gasteiger partial charge is 0.135 e. The highest BCUT2D eigenvalue weighted by atomic mass is 19.1. The van der Waals surface area contributed by atoms with Crippen molar-refractivity contribution in [1.29, 1.82) is 0 Å². The molecule has 1 N–H and O–H groups in total. The topological polar surface area (TPSA) is 35.8 Å². The summed E-state index contributed by atoms with van der Waals surface area (Å²) in [6.45, 7) is 0. The van der Waals surface area contributed by atoms with E-state index in [1.807, 2.05) is 0 Å². The number of hydrogen-bond acceptors (Lipinski definition) is 3. The maximum absolute atomic E-state index is 13.9. The van der Waals surface area contributed by atoms with Crippen LogP contribution in [0.2, 0.25) is 0 Å². The van der Waals surface area contributed by atoms with Crippen LogP contribution in [0.3, 0.4) is 0 Å². The number of rotatable bonds is 2. The molecule has 2 saturated heterocycles. The van der Waals surface area contributed by atoms with Crippen molar-refractivity contribution in [2.24, 2.45) is 11.1 Å². The van der Waals surface area contributed by atoms with E-state index >= 15 is 0 Å². The lowest BCUT2D eigenvalue weighted by Crippen LogP contribution is -2.42. The van der Waals surface area contributed by atoms with Crippen LogP contribution in [0.5, 0.6) is 0 Å². The molecule has 0 amide bonds. The van der Waals surface area contributed by atoms with Gasteiger partial charge >= 0.3 is 0 Å². The molecule has 2 aliphatic heterocycles. The van der Waals surface area contributed by atoms with Gasteiger partial charge in [0.2, 0.25) is 0 Å². The molecule has 3 nitrogen and oxygen atoms in total. The molecule has 2 atom stereocenters. The average Bonchev–Trinajstić information content (AvgIpc) is 2.64. The number of halogens is 2. The lowest BCUT2D eigenvalue weighted by molar-refractivity contribution is 0.156. The first-order valence-electron chi connectivity index (χ1n) is 6.99. The molecule has 2 heterocycles. The lowest BCUT2D eigenvalue weighted by atomic mass is 9.84. The van der Waals surface area contributed by atoms with Crippen molar-refractivity contribution in [1.82, 2.24) is 4.90 Å². The first kappa shape index (κ1) is 13.5. The molecule has 0 aliphatic carbocycles. The van der Waals surface area contributed by atoms with Crippen LogP contribution in [-0.4, -0.2) is 35.0 Å². The fourth-order valence-corrected chi connectivity index (χ4v) is 3.69. The van der Waals surface area contributed by atoms with E-state index in [4.69, 9.17) is 0 Å². The van der Waals surface area contributed by atoms with E-state index in [1.165, 1.54) is 12.1 Å². The Morgan fingerprint density at radius 2 is 1.90 bits per heavy atom. The lowest BCUT2D eigenvalue weighted by Gasteiger charge is -2.36. The van der Waals surface area contributed by atoms with Crippen LogP contribution >= 0.6 is 0 Å². The number of benzene rings is 1. The zero-order chi connectivity index (χ0) is 14.3. The fourth-order valence-electron chi connectivity index (χ4n) is 3.69. The second kappa shape index (κ2) is 5.13. The molecule has 5 heteroatoms. The Hall–Kier alpha value is -1.49. The molecule has 1 aromatic rings. The third-order valence-electron chi connectivity index (χ3n) is 4.80. The molecule has 0 saturated carbocycles. The minimum Gasteiger partial charge on any atom is -0.411 e. The van der Waals surface area contributed by atoms with Crippen molar-refractivity contribution in [2.75, 3.05) is 7.05 Å². The zero-order valence-electron chi connectivity index (χ0n) is 11.4. The molecule has 0 radical (unpaired) electrons. The molecule has 2 bridgehead atoms. The van der Waals surface area contributed by atoms with Crippen molar-refractivity contribution in [3.8, 4) is 0 Å². The van der Waals surface area contributed by atoms with Gasteiger partial charge in [-0.3, -0.25) is 0 Å². The van der Waals surface area contributed by atoms with Crippen LogP contribution in [0.4, 0.5) is 8.78 Å². The Labute approximate surface area is 116 Å². The Morgan fingerprint density at radius 1 is 1.25 bits per heavy atom. The highest BCUT2D eigenvalue weighted by Crippen LogP contribution is 2.39. The zero-order valence-corrected chi connectivity index (χ0v) is 11.4. The minimum absolute atomic E-state index is 0.0358. The van der Waals surface area contributed by atoms with Gasteiger partial charge in [0, 0.05) is 29.6 Å². The van der Waals surface area contributed by atoms with Gasteiger partial charge in [-0.2, -0.15) is 0 Å². The molecule has 108 valence electrons. The van der Waals surface area contributed by atoms with Gasteiger partial charge in [0.05, 0.1) is 5.71 Å². The van der Waals surface area contributed by atoms with Gasteiger partial charge in [0.15, 0.2) is 0 Å². The van der Waals surface area contributed by atoms with Gasteiger partial charge in [0.1, 0.15) is 11.6 Å². The van der Waals surface area contributed by atoms with Crippen molar-refractivity contribution in [3.63, 3.8) is 0 Å². The first-order valence-corrected chi connectivity index (χ1v) is 6.99. The summed E-state index contributed by atoms with van der Waals surface area (Å²) in [4.78, 5) is 2.37. The molecule has 2 unspecified atom stereocenters. The predicted molar refractivity (Wildman–Crippen MR) is 72.0 cm³/mol. The molecular formula is C15H18F2N2O. The molecule has 20 heavy (non-hydrogen) atoms. The largest absolute Gasteiger partial charge is 0.411 e. The van der Waals surface area contributed by atoms with Crippen LogP contribution in [0.1, 0.15) is 31.2 Å². The van der Waals surface area contributed by atoms with E-state index < -0.39 is 11.6 Å². The third kappa shape index (κ3) is 2.20. The van der Waals surface area contributed by atoms with Crippen LogP contribution in [0.15, 0.2) is 23.4 Å². The summed E-state index contributed by atoms with van der Waals surface area (Å²) in [6, 6.07) is 4.34. The summed E-state index contributed by atoms with van der Waals surface area (Å²) in [5, 5.41) is 12.6. The normalized spacial score (nSPS) is 30.8. The van der Waals surface area contributed by atoms with Gasteiger partial charge in [-0.1, -0.05) is 5.16 Å². The van der Waals surface area contributed by atoms with Crippen molar-refractivity contribution in [2.45, 2.75) is 37.8 Å².